The fraction of sp³-hybridized carbons (Fsp3) is 0.588. The lowest BCUT2D eigenvalue weighted by molar-refractivity contribution is -0.131. The van der Waals surface area contributed by atoms with Gasteiger partial charge in [0, 0.05) is 32.6 Å². The van der Waals surface area contributed by atoms with Gasteiger partial charge in [-0.25, -0.2) is 0 Å². The van der Waals surface area contributed by atoms with Crippen molar-refractivity contribution in [2.24, 2.45) is 0 Å². The summed E-state index contributed by atoms with van der Waals surface area (Å²) in [5.74, 6) is 0.284. The Hall–Kier alpha value is -1.06. The number of rotatable bonds is 3. The minimum Gasteiger partial charge on any atom is -0.340 e. The summed E-state index contributed by atoms with van der Waals surface area (Å²) in [6, 6.07) is 8.69. The van der Waals surface area contributed by atoms with Crippen molar-refractivity contribution >= 4 is 18.3 Å². The molecule has 1 heterocycles. The van der Waals surface area contributed by atoms with Gasteiger partial charge in [0.15, 0.2) is 0 Å². The maximum absolute atomic E-state index is 12.1. The van der Waals surface area contributed by atoms with Crippen LogP contribution >= 0.6 is 12.4 Å². The Morgan fingerprint density at radius 2 is 1.71 bits per heavy atom. The summed E-state index contributed by atoms with van der Waals surface area (Å²) in [6.07, 6.45) is 1.46. The van der Waals surface area contributed by atoms with E-state index in [-0.39, 0.29) is 23.7 Å². The molecular weight excluding hydrogens is 284 g/mol. The summed E-state index contributed by atoms with van der Waals surface area (Å²) in [5, 5.41) is 3.27. The first-order valence-corrected chi connectivity index (χ1v) is 7.55. The van der Waals surface area contributed by atoms with Gasteiger partial charge in [0.05, 0.1) is 0 Å². The summed E-state index contributed by atoms with van der Waals surface area (Å²) in [5.41, 5.74) is 2.78. The molecular formula is C17H27ClN2O. The van der Waals surface area contributed by atoms with Crippen LogP contribution in [0.25, 0.3) is 0 Å². The second kappa shape index (κ2) is 7.81. The predicted molar refractivity (Wildman–Crippen MR) is 90.2 cm³/mol. The second-order valence-corrected chi connectivity index (χ2v) is 6.58. The van der Waals surface area contributed by atoms with E-state index < -0.39 is 0 Å². The zero-order valence-corrected chi connectivity index (χ0v) is 14.1. The smallest absolute Gasteiger partial charge is 0.222 e. The molecule has 3 nitrogen and oxygen atoms in total. The van der Waals surface area contributed by atoms with Crippen molar-refractivity contribution in [3.05, 3.63) is 35.4 Å². The van der Waals surface area contributed by atoms with Crippen molar-refractivity contribution in [1.29, 1.82) is 0 Å². The lowest BCUT2D eigenvalue weighted by Gasteiger charge is -2.27. The van der Waals surface area contributed by atoms with E-state index in [1.54, 1.807) is 0 Å². The number of hydrogen-bond acceptors (Lipinski definition) is 2. The minimum atomic E-state index is 0. The third kappa shape index (κ3) is 5.33. The van der Waals surface area contributed by atoms with Crippen molar-refractivity contribution in [2.45, 2.75) is 39.0 Å². The monoisotopic (exact) mass is 310 g/mol. The largest absolute Gasteiger partial charge is 0.340 e. The van der Waals surface area contributed by atoms with Crippen LogP contribution in [0.5, 0.6) is 0 Å². The number of halogens is 1. The number of amides is 1. The van der Waals surface area contributed by atoms with Gasteiger partial charge in [0.25, 0.3) is 0 Å². The maximum Gasteiger partial charge on any atom is 0.222 e. The van der Waals surface area contributed by atoms with Gasteiger partial charge in [-0.05, 0) is 23.0 Å². The average molecular weight is 311 g/mol. The molecule has 4 heteroatoms. The molecule has 0 radical (unpaired) electrons. The van der Waals surface area contributed by atoms with Crippen LogP contribution in [0.3, 0.4) is 0 Å². The second-order valence-electron chi connectivity index (χ2n) is 6.58. The minimum absolute atomic E-state index is 0. The molecule has 1 saturated heterocycles. The highest BCUT2D eigenvalue weighted by Gasteiger charge is 2.16. The van der Waals surface area contributed by atoms with E-state index in [1.807, 2.05) is 4.90 Å². The average Bonchev–Trinajstić information content (AvgIpc) is 2.45. The zero-order chi connectivity index (χ0) is 14.6. The molecule has 0 aromatic heterocycles. The first-order chi connectivity index (χ1) is 9.47. The zero-order valence-electron chi connectivity index (χ0n) is 13.3. The van der Waals surface area contributed by atoms with Crippen molar-refractivity contribution in [2.75, 3.05) is 26.2 Å². The summed E-state index contributed by atoms with van der Waals surface area (Å²) >= 11 is 0. The van der Waals surface area contributed by atoms with E-state index in [1.165, 1.54) is 11.1 Å². The Labute approximate surface area is 134 Å². The molecule has 1 aliphatic heterocycles. The van der Waals surface area contributed by atoms with E-state index in [4.69, 9.17) is 0 Å². The first kappa shape index (κ1) is 18.0. The standard InChI is InChI=1S/C17H26N2O.ClH/c1-17(2,3)15-7-4-14(5-8-15)6-9-16(20)19-12-10-18-11-13-19;/h4-5,7-8,18H,6,9-13H2,1-3H3;1H. The van der Waals surface area contributed by atoms with Gasteiger partial charge in [-0.2, -0.15) is 0 Å². The Bertz CT molecular complexity index is 445. The highest BCUT2D eigenvalue weighted by molar-refractivity contribution is 5.85. The maximum atomic E-state index is 12.1. The third-order valence-electron chi connectivity index (χ3n) is 3.92. The van der Waals surface area contributed by atoms with Crippen molar-refractivity contribution in [3.8, 4) is 0 Å². The molecule has 1 aromatic rings. The number of nitrogens with one attached hydrogen (secondary N) is 1. The summed E-state index contributed by atoms with van der Waals surface area (Å²) < 4.78 is 0. The number of carbonyl (C=O) groups is 1. The molecule has 1 amide bonds. The molecule has 0 saturated carbocycles. The number of carbonyl (C=O) groups excluding carboxylic acids is 1. The van der Waals surface area contributed by atoms with E-state index in [0.717, 1.165) is 32.6 Å². The van der Waals surface area contributed by atoms with Gasteiger partial charge < -0.3 is 10.2 Å². The van der Waals surface area contributed by atoms with Crippen LogP contribution in [-0.2, 0) is 16.6 Å². The highest BCUT2D eigenvalue weighted by Crippen LogP contribution is 2.22. The fourth-order valence-corrected chi connectivity index (χ4v) is 2.50. The van der Waals surface area contributed by atoms with Crippen molar-refractivity contribution in [3.63, 3.8) is 0 Å². The van der Waals surface area contributed by atoms with Gasteiger partial charge in [0.2, 0.25) is 5.91 Å². The Balaban J connectivity index is 0.00000220. The van der Waals surface area contributed by atoms with Crippen molar-refractivity contribution in [1.82, 2.24) is 10.2 Å². The number of piperazine rings is 1. The molecule has 21 heavy (non-hydrogen) atoms. The summed E-state index contributed by atoms with van der Waals surface area (Å²) in [6.45, 7) is 10.2. The van der Waals surface area contributed by atoms with Gasteiger partial charge >= 0.3 is 0 Å². The number of benzene rings is 1. The molecule has 0 aliphatic carbocycles. The van der Waals surface area contributed by atoms with Gasteiger partial charge in [-0.1, -0.05) is 45.0 Å². The van der Waals surface area contributed by atoms with Crippen molar-refractivity contribution < 1.29 is 4.79 Å². The van der Waals surface area contributed by atoms with E-state index in [0.29, 0.717) is 6.42 Å². The molecule has 0 unspecified atom stereocenters. The fourth-order valence-electron chi connectivity index (χ4n) is 2.50. The third-order valence-corrected chi connectivity index (χ3v) is 3.92. The molecule has 0 bridgehead atoms. The van der Waals surface area contributed by atoms with Gasteiger partial charge in [-0.15, -0.1) is 12.4 Å². The lowest BCUT2D eigenvalue weighted by Crippen LogP contribution is -2.46. The van der Waals surface area contributed by atoms with Crippen LogP contribution in [0.15, 0.2) is 24.3 Å². The number of nitrogens with zero attached hydrogens (tertiary/aromatic N) is 1. The molecule has 118 valence electrons. The summed E-state index contributed by atoms with van der Waals surface area (Å²) in [4.78, 5) is 14.1. The van der Waals surface area contributed by atoms with Gasteiger partial charge in [0.1, 0.15) is 0 Å². The Morgan fingerprint density at radius 3 is 2.24 bits per heavy atom. The molecule has 1 aromatic carbocycles. The molecule has 1 N–H and O–H groups in total. The van der Waals surface area contributed by atoms with E-state index in [9.17, 15) is 4.79 Å². The first-order valence-electron chi connectivity index (χ1n) is 7.55. The molecule has 1 aliphatic rings. The summed E-state index contributed by atoms with van der Waals surface area (Å²) in [7, 11) is 0. The Morgan fingerprint density at radius 1 is 1.14 bits per heavy atom. The molecule has 0 spiro atoms. The van der Waals surface area contributed by atoms with E-state index in [2.05, 4.69) is 50.4 Å². The number of aryl methyl sites for hydroxylation is 1. The Kier molecular flexibility index (Phi) is 6.69. The quantitative estimate of drug-likeness (QED) is 0.931. The van der Waals surface area contributed by atoms with Crippen LogP contribution in [-0.4, -0.2) is 37.0 Å². The molecule has 1 fully saturated rings. The molecule has 2 rings (SSSR count). The SMILES string of the molecule is CC(C)(C)c1ccc(CCC(=O)N2CCNCC2)cc1.Cl. The predicted octanol–water partition coefficient (Wildman–Crippen LogP) is 2.77. The van der Waals surface area contributed by atoms with Gasteiger partial charge in [-0.3, -0.25) is 4.79 Å². The number of hydrogen-bond donors (Lipinski definition) is 1. The highest BCUT2D eigenvalue weighted by atomic mass is 35.5. The van der Waals surface area contributed by atoms with Crippen LogP contribution in [0.4, 0.5) is 0 Å². The normalized spacial score (nSPS) is 15.5. The lowest BCUT2D eigenvalue weighted by atomic mass is 9.86. The van der Waals surface area contributed by atoms with Crippen LogP contribution in [0.1, 0.15) is 38.3 Å². The van der Waals surface area contributed by atoms with Crippen LogP contribution < -0.4 is 5.32 Å². The van der Waals surface area contributed by atoms with E-state index >= 15 is 0 Å². The molecule has 0 atom stereocenters. The topological polar surface area (TPSA) is 32.3 Å². The van der Waals surface area contributed by atoms with Crippen LogP contribution in [0.2, 0.25) is 0 Å². The van der Waals surface area contributed by atoms with Crippen LogP contribution in [0, 0.1) is 0 Å².